The number of amides is 1. The summed E-state index contributed by atoms with van der Waals surface area (Å²) in [5.74, 6) is 1.53. The van der Waals surface area contributed by atoms with Gasteiger partial charge in [0, 0.05) is 12.1 Å². The molecule has 0 atom stereocenters. The second-order valence-corrected chi connectivity index (χ2v) is 6.88. The minimum Gasteiger partial charge on any atom is -0.483 e. The fraction of sp³-hybridized carbons (Fsp3) is 0.316. The largest absolute Gasteiger partial charge is 0.483 e. The maximum Gasteiger partial charge on any atom is 0.262 e. The molecule has 3 N–H and O–H groups in total. The molecule has 3 rings (SSSR count). The fourth-order valence-corrected chi connectivity index (χ4v) is 2.61. The van der Waals surface area contributed by atoms with Gasteiger partial charge in [-0.1, -0.05) is 39.0 Å². The SMILES string of the molecule is CC(C)(C)c1ccccc1OCC(=O)Nc1cc2c(cc1N)OCO2. The molecule has 6 heteroatoms. The third-order valence-corrected chi connectivity index (χ3v) is 3.87. The number of nitrogen functional groups attached to an aromatic ring is 1. The maximum atomic E-state index is 12.2. The summed E-state index contributed by atoms with van der Waals surface area (Å²) in [4.78, 5) is 12.2. The van der Waals surface area contributed by atoms with Gasteiger partial charge >= 0.3 is 0 Å². The molecule has 1 aliphatic rings. The Hall–Kier alpha value is -2.89. The number of ether oxygens (including phenoxy) is 3. The number of anilines is 2. The highest BCUT2D eigenvalue weighted by molar-refractivity contribution is 5.95. The molecule has 0 aromatic heterocycles. The van der Waals surface area contributed by atoms with Crippen LogP contribution in [-0.2, 0) is 10.2 Å². The van der Waals surface area contributed by atoms with Crippen LogP contribution in [0.25, 0.3) is 0 Å². The summed E-state index contributed by atoms with van der Waals surface area (Å²) in [5.41, 5.74) is 7.80. The highest BCUT2D eigenvalue weighted by atomic mass is 16.7. The normalized spacial score (nSPS) is 12.8. The number of rotatable bonds is 4. The van der Waals surface area contributed by atoms with Crippen molar-refractivity contribution < 1.29 is 19.0 Å². The molecule has 0 unspecified atom stereocenters. The quantitative estimate of drug-likeness (QED) is 0.833. The minimum absolute atomic E-state index is 0.0746. The van der Waals surface area contributed by atoms with Gasteiger partial charge in [-0.2, -0.15) is 0 Å². The van der Waals surface area contributed by atoms with Crippen molar-refractivity contribution in [2.45, 2.75) is 26.2 Å². The first-order valence-corrected chi connectivity index (χ1v) is 8.06. The Morgan fingerprint density at radius 2 is 1.88 bits per heavy atom. The average molecular weight is 342 g/mol. The van der Waals surface area contributed by atoms with E-state index in [0.717, 1.165) is 5.56 Å². The topological polar surface area (TPSA) is 82.8 Å². The molecule has 2 aromatic rings. The van der Waals surface area contributed by atoms with Crippen LogP contribution in [0.4, 0.5) is 11.4 Å². The second-order valence-electron chi connectivity index (χ2n) is 6.88. The molecule has 0 saturated heterocycles. The zero-order valence-corrected chi connectivity index (χ0v) is 14.6. The van der Waals surface area contributed by atoms with Crippen LogP contribution in [0.3, 0.4) is 0 Å². The van der Waals surface area contributed by atoms with Gasteiger partial charge in [-0.3, -0.25) is 4.79 Å². The van der Waals surface area contributed by atoms with Gasteiger partial charge < -0.3 is 25.3 Å². The molecule has 1 aliphatic heterocycles. The first-order chi connectivity index (χ1) is 11.8. The molecule has 0 spiro atoms. The maximum absolute atomic E-state index is 12.2. The van der Waals surface area contributed by atoms with Gasteiger partial charge in [-0.25, -0.2) is 0 Å². The molecular weight excluding hydrogens is 320 g/mol. The fourth-order valence-electron chi connectivity index (χ4n) is 2.61. The molecule has 1 amide bonds. The van der Waals surface area contributed by atoms with Crippen LogP contribution >= 0.6 is 0 Å². The highest BCUT2D eigenvalue weighted by Gasteiger charge is 2.20. The Kier molecular flexibility index (Phi) is 4.44. The van der Waals surface area contributed by atoms with E-state index in [1.54, 1.807) is 12.1 Å². The number of benzene rings is 2. The molecule has 0 saturated carbocycles. The molecule has 0 fully saturated rings. The van der Waals surface area contributed by atoms with Gasteiger partial charge in [-0.15, -0.1) is 0 Å². The van der Waals surface area contributed by atoms with Crippen LogP contribution in [0.1, 0.15) is 26.3 Å². The molecule has 0 radical (unpaired) electrons. The van der Waals surface area contributed by atoms with Crippen LogP contribution in [0.15, 0.2) is 36.4 Å². The summed E-state index contributed by atoms with van der Waals surface area (Å²) < 4.78 is 16.3. The Bertz CT molecular complexity index is 796. The summed E-state index contributed by atoms with van der Waals surface area (Å²) >= 11 is 0. The monoisotopic (exact) mass is 342 g/mol. The number of nitrogens with two attached hydrogens (primary N) is 1. The lowest BCUT2D eigenvalue weighted by Crippen LogP contribution is -2.22. The number of carbonyl (C=O) groups is 1. The van der Waals surface area contributed by atoms with E-state index in [9.17, 15) is 4.79 Å². The van der Waals surface area contributed by atoms with Crippen molar-refractivity contribution in [3.63, 3.8) is 0 Å². The van der Waals surface area contributed by atoms with Gasteiger partial charge in [0.15, 0.2) is 18.1 Å². The Morgan fingerprint density at radius 1 is 1.20 bits per heavy atom. The predicted octanol–water partition coefficient (Wildman–Crippen LogP) is 3.31. The van der Waals surface area contributed by atoms with Gasteiger partial charge in [0.1, 0.15) is 5.75 Å². The van der Waals surface area contributed by atoms with E-state index in [0.29, 0.717) is 28.6 Å². The predicted molar refractivity (Wildman–Crippen MR) is 96.2 cm³/mol. The number of para-hydroxylation sites is 1. The minimum atomic E-state index is -0.297. The molecule has 2 aromatic carbocycles. The van der Waals surface area contributed by atoms with Gasteiger partial charge in [0.25, 0.3) is 5.91 Å². The zero-order valence-electron chi connectivity index (χ0n) is 14.6. The average Bonchev–Trinajstić information content (AvgIpc) is 2.99. The molecule has 1 heterocycles. The molecular formula is C19H22N2O4. The lowest BCUT2D eigenvalue weighted by Gasteiger charge is -2.22. The molecule has 132 valence electrons. The Labute approximate surface area is 146 Å². The first-order valence-electron chi connectivity index (χ1n) is 8.06. The molecule has 6 nitrogen and oxygen atoms in total. The van der Waals surface area contributed by atoms with Gasteiger partial charge in [0.2, 0.25) is 6.79 Å². The van der Waals surface area contributed by atoms with E-state index in [1.165, 1.54) is 0 Å². The van der Waals surface area contributed by atoms with Crippen LogP contribution in [0.5, 0.6) is 17.2 Å². The Morgan fingerprint density at radius 3 is 2.60 bits per heavy atom. The number of fused-ring (bicyclic) bond motifs is 1. The third kappa shape index (κ3) is 3.79. The molecule has 0 aliphatic carbocycles. The van der Waals surface area contributed by atoms with Crippen LogP contribution in [0.2, 0.25) is 0 Å². The van der Waals surface area contributed by atoms with Crippen molar-refractivity contribution >= 4 is 17.3 Å². The van der Waals surface area contributed by atoms with E-state index in [4.69, 9.17) is 19.9 Å². The summed E-state index contributed by atoms with van der Waals surface area (Å²) in [6.07, 6.45) is 0. The van der Waals surface area contributed by atoms with Crippen molar-refractivity contribution in [3.05, 3.63) is 42.0 Å². The zero-order chi connectivity index (χ0) is 18.0. The summed E-state index contributed by atoms with van der Waals surface area (Å²) in [6.45, 7) is 6.34. The van der Waals surface area contributed by atoms with Gasteiger partial charge in [0.05, 0.1) is 11.4 Å². The van der Waals surface area contributed by atoms with Crippen LogP contribution < -0.4 is 25.3 Å². The standard InChI is InChI=1S/C19H22N2O4/c1-19(2,3)12-6-4-5-7-15(12)23-10-18(22)21-14-9-17-16(8-13(14)20)24-11-25-17/h4-9H,10-11,20H2,1-3H3,(H,21,22). The molecule has 25 heavy (non-hydrogen) atoms. The van der Waals surface area contributed by atoms with E-state index < -0.39 is 0 Å². The van der Waals surface area contributed by atoms with E-state index >= 15 is 0 Å². The Balaban J connectivity index is 1.67. The van der Waals surface area contributed by atoms with Crippen molar-refractivity contribution in [1.29, 1.82) is 0 Å². The molecule has 0 bridgehead atoms. The van der Waals surface area contributed by atoms with Crippen molar-refractivity contribution in [3.8, 4) is 17.2 Å². The van der Waals surface area contributed by atoms with E-state index in [1.807, 2.05) is 24.3 Å². The summed E-state index contributed by atoms with van der Waals surface area (Å²) in [6, 6.07) is 11.0. The second kappa shape index (κ2) is 6.55. The lowest BCUT2D eigenvalue weighted by molar-refractivity contribution is -0.118. The summed E-state index contributed by atoms with van der Waals surface area (Å²) in [7, 11) is 0. The number of carbonyl (C=O) groups excluding carboxylic acids is 1. The van der Waals surface area contributed by atoms with E-state index in [-0.39, 0.29) is 24.7 Å². The third-order valence-electron chi connectivity index (χ3n) is 3.87. The summed E-state index contributed by atoms with van der Waals surface area (Å²) in [5, 5.41) is 2.74. The number of hydrogen-bond donors (Lipinski definition) is 2. The first kappa shape index (κ1) is 17.0. The van der Waals surface area contributed by atoms with E-state index in [2.05, 4.69) is 26.1 Å². The van der Waals surface area contributed by atoms with Crippen LogP contribution in [-0.4, -0.2) is 19.3 Å². The smallest absolute Gasteiger partial charge is 0.262 e. The number of hydrogen-bond acceptors (Lipinski definition) is 5. The van der Waals surface area contributed by atoms with Gasteiger partial charge in [-0.05, 0) is 17.0 Å². The highest BCUT2D eigenvalue weighted by Crippen LogP contribution is 2.38. The number of nitrogens with one attached hydrogen (secondary N) is 1. The van der Waals surface area contributed by atoms with Crippen molar-refractivity contribution in [1.82, 2.24) is 0 Å². The lowest BCUT2D eigenvalue weighted by atomic mass is 9.86. The van der Waals surface area contributed by atoms with Crippen LogP contribution in [0, 0.1) is 0 Å². The van der Waals surface area contributed by atoms with Crippen molar-refractivity contribution in [2.24, 2.45) is 0 Å². The van der Waals surface area contributed by atoms with Crippen molar-refractivity contribution in [2.75, 3.05) is 24.5 Å².